The summed E-state index contributed by atoms with van der Waals surface area (Å²) in [6.45, 7) is 3.12. The van der Waals surface area contributed by atoms with Gasteiger partial charge in [0.15, 0.2) is 12.4 Å². The number of hydrogen-bond donors (Lipinski definition) is 4. The van der Waals surface area contributed by atoms with Crippen LogP contribution in [-0.4, -0.2) is 89.0 Å². The third kappa shape index (κ3) is 28.9. The first kappa shape index (κ1) is 51.9. The smallest absolute Gasteiger partial charge is 0.331 e. The van der Waals surface area contributed by atoms with Crippen LogP contribution < -0.4 is 0 Å². The Labute approximate surface area is 344 Å². The summed E-state index contributed by atoms with van der Waals surface area (Å²) >= 11 is 0. The van der Waals surface area contributed by atoms with Gasteiger partial charge in [0.05, 0.1) is 13.2 Å². The summed E-state index contributed by atoms with van der Waals surface area (Å²) in [5.41, 5.74) is 0. The van der Waals surface area contributed by atoms with Gasteiger partial charge in [-0.2, -0.15) is 0 Å². The zero-order valence-corrected chi connectivity index (χ0v) is 35.0. The van der Waals surface area contributed by atoms with Crippen molar-refractivity contribution in [3.63, 3.8) is 0 Å². The van der Waals surface area contributed by atoms with Crippen molar-refractivity contribution >= 4 is 11.9 Å². The molecule has 1 saturated heterocycles. The molecule has 0 aromatic heterocycles. The molecule has 10 nitrogen and oxygen atoms in total. The Morgan fingerprint density at radius 2 is 1.16 bits per heavy atom. The van der Waals surface area contributed by atoms with E-state index in [-0.39, 0.29) is 19.6 Å². The first-order chi connectivity index (χ1) is 27.8. The summed E-state index contributed by atoms with van der Waals surface area (Å²) in [6, 6.07) is 0. The third-order valence-corrected chi connectivity index (χ3v) is 9.37. The van der Waals surface area contributed by atoms with E-state index in [9.17, 15) is 30.0 Å². The molecule has 1 fully saturated rings. The van der Waals surface area contributed by atoms with Gasteiger partial charge in [-0.3, -0.25) is 4.79 Å². The predicted octanol–water partition coefficient (Wildman–Crippen LogP) is 8.99. The lowest BCUT2D eigenvalue weighted by atomic mass is 9.99. The highest BCUT2D eigenvalue weighted by molar-refractivity contribution is 5.82. The molecule has 0 bridgehead atoms. The van der Waals surface area contributed by atoms with E-state index in [0.29, 0.717) is 12.8 Å². The van der Waals surface area contributed by atoms with E-state index in [4.69, 9.17) is 18.9 Å². The predicted molar refractivity (Wildman–Crippen MR) is 228 cm³/mol. The van der Waals surface area contributed by atoms with Crippen molar-refractivity contribution in [2.45, 2.75) is 179 Å². The fourth-order valence-electron chi connectivity index (χ4n) is 5.95. The van der Waals surface area contributed by atoms with Gasteiger partial charge in [0, 0.05) is 12.5 Å². The number of aliphatic hydroxyl groups is 4. The third-order valence-electron chi connectivity index (χ3n) is 9.37. The Morgan fingerprint density at radius 3 is 1.74 bits per heavy atom. The first-order valence-electron chi connectivity index (χ1n) is 21.7. The SMILES string of the molecule is CC/C=C/C/C=C/C/C=C/C/C=C/C/C=C/CCCC(=O)OC[C@@H](CO[C@H]1O[C@@H](CO)[C@@H](O)C(O)C1O)OC(=O)/C=C/C=C/CCCCCCCCCCCCC. The molecule has 324 valence electrons. The van der Waals surface area contributed by atoms with Crippen LogP contribution in [0.3, 0.4) is 0 Å². The Morgan fingerprint density at radius 1 is 0.614 bits per heavy atom. The number of carbonyl (C=O) groups excluding carboxylic acids is 2. The molecule has 0 amide bonds. The standard InChI is InChI=1S/C47H76O10/c1-3-5-7-9-11-13-15-17-19-20-22-23-25-27-29-31-33-35-42(49)54-38-40(39-55-47-46(53)45(52)44(51)41(37-48)57-47)56-43(50)36-34-32-30-28-26-24-21-18-16-14-12-10-8-6-4-2/h5,7,11,13,17,19,22-23,27,29-30,32,34,36,40-41,44-48,51-53H,3-4,6,8-10,12,14-16,18,20-21,24-26,28,31,33,35,37-39H2,1-2H3/b7-5+,13-11+,19-17+,23-22+,29-27+,32-30+,36-34+/t40-,41-,44+,45?,46?,47-/m0/s1. The molecule has 1 aliphatic heterocycles. The lowest BCUT2D eigenvalue weighted by Gasteiger charge is -2.39. The van der Waals surface area contributed by atoms with Crippen molar-refractivity contribution in [3.8, 4) is 0 Å². The van der Waals surface area contributed by atoms with Gasteiger partial charge in [0.1, 0.15) is 31.0 Å². The van der Waals surface area contributed by atoms with E-state index < -0.39 is 55.4 Å². The molecular formula is C47H76O10. The molecular weight excluding hydrogens is 725 g/mol. The Hall–Kier alpha value is -3.12. The summed E-state index contributed by atoms with van der Waals surface area (Å²) < 4.78 is 21.9. The van der Waals surface area contributed by atoms with Gasteiger partial charge < -0.3 is 39.4 Å². The second-order valence-electron chi connectivity index (χ2n) is 14.5. The second-order valence-corrected chi connectivity index (χ2v) is 14.5. The van der Waals surface area contributed by atoms with Crippen molar-refractivity contribution in [3.05, 3.63) is 85.1 Å². The molecule has 2 unspecified atom stereocenters. The average Bonchev–Trinajstić information content (AvgIpc) is 3.21. The maximum absolute atomic E-state index is 12.6. The molecule has 10 heteroatoms. The molecule has 0 saturated carbocycles. The normalized spacial score (nSPS) is 21.1. The van der Waals surface area contributed by atoms with E-state index in [1.807, 2.05) is 12.2 Å². The highest BCUT2D eigenvalue weighted by atomic mass is 16.7. The summed E-state index contributed by atoms with van der Waals surface area (Å²) in [6.07, 6.45) is 40.8. The minimum Gasteiger partial charge on any atom is -0.462 e. The molecule has 0 aromatic rings. The molecule has 0 spiro atoms. The van der Waals surface area contributed by atoms with Gasteiger partial charge >= 0.3 is 11.9 Å². The van der Waals surface area contributed by atoms with Crippen molar-refractivity contribution in [1.29, 1.82) is 0 Å². The monoisotopic (exact) mass is 801 g/mol. The summed E-state index contributed by atoms with van der Waals surface area (Å²) in [7, 11) is 0. The minimum atomic E-state index is -1.62. The van der Waals surface area contributed by atoms with Crippen molar-refractivity contribution in [1.82, 2.24) is 0 Å². The van der Waals surface area contributed by atoms with Crippen LogP contribution in [0.1, 0.15) is 142 Å². The Bertz CT molecular complexity index is 1200. The fourth-order valence-corrected chi connectivity index (χ4v) is 5.95. The molecule has 1 heterocycles. The van der Waals surface area contributed by atoms with Gasteiger partial charge in [-0.25, -0.2) is 4.79 Å². The van der Waals surface area contributed by atoms with Gasteiger partial charge in [0.2, 0.25) is 0 Å². The van der Waals surface area contributed by atoms with Gasteiger partial charge in [-0.1, -0.05) is 157 Å². The number of allylic oxidation sites excluding steroid dienone is 13. The Kier molecular flexibility index (Phi) is 33.8. The lowest BCUT2D eigenvalue weighted by Crippen LogP contribution is -2.59. The zero-order valence-electron chi connectivity index (χ0n) is 35.0. The highest BCUT2D eigenvalue weighted by Crippen LogP contribution is 2.22. The number of unbranched alkanes of at least 4 members (excludes halogenated alkanes) is 12. The van der Waals surface area contributed by atoms with Crippen molar-refractivity contribution < 1.29 is 49.0 Å². The largest absolute Gasteiger partial charge is 0.462 e. The summed E-state index contributed by atoms with van der Waals surface area (Å²) in [5.74, 6) is -1.14. The summed E-state index contributed by atoms with van der Waals surface area (Å²) in [5, 5.41) is 40.0. The van der Waals surface area contributed by atoms with Crippen molar-refractivity contribution in [2.75, 3.05) is 19.8 Å². The first-order valence-corrected chi connectivity index (χ1v) is 21.7. The fraction of sp³-hybridized carbons (Fsp3) is 0.660. The summed E-state index contributed by atoms with van der Waals surface area (Å²) in [4.78, 5) is 25.2. The molecule has 0 aromatic carbocycles. The average molecular weight is 801 g/mol. The zero-order chi connectivity index (χ0) is 41.6. The van der Waals surface area contributed by atoms with Crippen LogP contribution in [0, 0.1) is 0 Å². The number of rotatable bonds is 34. The number of esters is 2. The topological polar surface area (TPSA) is 152 Å². The van der Waals surface area contributed by atoms with E-state index in [1.54, 1.807) is 12.2 Å². The second kappa shape index (κ2) is 37.2. The van der Waals surface area contributed by atoms with E-state index in [1.165, 1.54) is 70.3 Å². The van der Waals surface area contributed by atoms with Crippen LogP contribution in [0.25, 0.3) is 0 Å². The number of hydrogen-bond acceptors (Lipinski definition) is 10. The van der Waals surface area contributed by atoms with Crippen LogP contribution in [0.5, 0.6) is 0 Å². The molecule has 4 N–H and O–H groups in total. The molecule has 0 aliphatic carbocycles. The van der Waals surface area contributed by atoms with Crippen LogP contribution in [0.15, 0.2) is 85.1 Å². The Balaban J connectivity index is 2.45. The molecule has 0 radical (unpaired) electrons. The number of carbonyl (C=O) groups is 2. The van der Waals surface area contributed by atoms with Gasteiger partial charge in [-0.15, -0.1) is 0 Å². The number of ether oxygens (including phenoxy) is 4. The lowest BCUT2D eigenvalue weighted by molar-refractivity contribution is -0.305. The van der Waals surface area contributed by atoms with Gasteiger partial charge in [0.25, 0.3) is 0 Å². The molecule has 6 atom stereocenters. The van der Waals surface area contributed by atoms with Crippen LogP contribution in [0.4, 0.5) is 0 Å². The number of aliphatic hydroxyl groups excluding tert-OH is 4. The van der Waals surface area contributed by atoms with E-state index in [2.05, 4.69) is 68.5 Å². The molecule has 57 heavy (non-hydrogen) atoms. The van der Waals surface area contributed by atoms with E-state index in [0.717, 1.165) is 44.9 Å². The van der Waals surface area contributed by atoms with Crippen molar-refractivity contribution in [2.24, 2.45) is 0 Å². The maximum atomic E-state index is 12.6. The quantitative estimate of drug-likeness (QED) is 0.0163. The highest BCUT2D eigenvalue weighted by Gasteiger charge is 2.44. The molecule has 1 aliphatic rings. The van der Waals surface area contributed by atoms with Crippen LogP contribution in [0.2, 0.25) is 0 Å². The van der Waals surface area contributed by atoms with E-state index >= 15 is 0 Å². The molecule has 1 rings (SSSR count). The van der Waals surface area contributed by atoms with Crippen LogP contribution in [-0.2, 0) is 28.5 Å². The van der Waals surface area contributed by atoms with Gasteiger partial charge in [-0.05, 0) is 57.8 Å². The van der Waals surface area contributed by atoms with Crippen LogP contribution >= 0.6 is 0 Å². The maximum Gasteiger partial charge on any atom is 0.331 e. The minimum absolute atomic E-state index is 0.173.